The van der Waals surface area contributed by atoms with E-state index in [4.69, 9.17) is 4.98 Å². The van der Waals surface area contributed by atoms with E-state index in [0.29, 0.717) is 0 Å². The van der Waals surface area contributed by atoms with Crippen molar-refractivity contribution in [2.24, 2.45) is 0 Å². The molecule has 7 nitrogen and oxygen atoms in total. The van der Waals surface area contributed by atoms with Gasteiger partial charge in [-0.1, -0.05) is 30.3 Å². The van der Waals surface area contributed by atoms with Crippen LogP contribution in [0.1, 0.15) is 21.6 Å². The van der Waals surface area contributed by atoms with Gasteiger partial charge in [-0.05, 0) is 41.3 Å². The van der Waals surface area contributed by atoms with E-state index in [1.54, 1.807) is 28.6 Å². The Labute approximate surface area is 208 Å². The maximum absolute atomic E-state index is 12.4. The minimum absolute atomic E-state index is 0.0755. The van der Waals surface area contributed by atoms with E-state index in [0.717, 1.165) is 61.2 Å². The Bertz CT molecular complexity index is 1350. The predicted molar refractivity (Wildman–Crippen MR) is 139 cm³/mol. The molecule has 0 radical (unpaired) electrons. The van der Waals surface area contributed by atoms with Crippen molar-refractivity contribution in [2.45, 2.75) is 19.4 Å². The fourth-order valence-corrected chi connectivity index (χ4v) is 5.68. The van der Waals surface area contributed by atoms with Gasteiger partial charge in [-0.15, -0.1) is 11.3 Å². The van der Waals surface area contributed by atoms with Crippen molar-refractivity contribution in [2.75, 3.05) is 36.5 Å². The quantitative estimate of drug-likeness (QED) is 0.415. The highest BCUT2D eigenvalue weighted by atomic mass is 32.1. The Morgan fingerprint density at radius 2 is 1.77 bits per heavy atom. The van der Waals surface area contributed by atoms with Crippen LogP contribution in [0.15, 0.2) is 67.1 Å². The van der Waals surface area contributed by atoms with Gasteiger partial charge in [0.1, 0.15) is 0 Å². The SMILES string of the molecule is CN1CCN(c2ccc3c(c2)CN(c2ncc(Cc4ccc(-c5ncccn5)cc4)s2)CC3)C1=O. The largest absolute Gasteiger partial charge is 0.343 e. The molecular formula is C27H26N6OS. The molecule has 2 aromatic carbocycles. The highest BCUT2D eigenvalue weighted by Crippen LogP contribution is 2.32. The van der Waals surface area contributed by atoms with Gasteiger partial charge < -0.3 is 9.80 Å². The van der Waals surface area contributed by atoms with Crippen molar-refractivity contribution in [3.63, 3.8) is 0 Å². The van der Waals surface area contributed by atoms with Crippen molar-refractivity contribution in [1.82, 2.24) is 19.9 Å². The first-order chi connectivity index (χ1) is 17.1. The molecule has 0 spiro atoms. The Morgan fingerprint density at radius 3 is 2.54 bits per heavy atom. The van der Waals surface area contributed by atoms with Gasteiger partial charge in [0.25, 0.3) is 0 Å². The minimum atomic E-state index is 0.0755. The zero-order valence-electron chi connectivity index (χ0n) is 19.6. The van der Waals surface area contributed by atoms with Crippen molar-refractivity contribution >= 4 is 28.2 Å². The number of urea groups is 1. The van der Waals surface area contributed by atoms with Crippen molar-refractivity contribution in [1.29, 1.82) is 0 Å². The second-order valence-corrected chi connectivity index (χ2v) is 10.1. The van der Waals surface area contributed by atoms with Crippen LogP contribution in [0.5, 0.6) is 0 Å². The molecule has 6 rings (SSSR count). The summed E-state index contributed by atoms with van der Waals surface area (Å²) < 4.78 is 0. The van der Waals surface area contributed by atoms with Gasteiger partial charge in [0, 0.05) is 74.4 Å². The predicted octanol–water partition coefficient (Wildman–Crippen LogP) is 4.63. The first kappa shape index (κ1) is 21.7. The van der Waals surface area contributed by atoms with Crippen LogP contribution in [0.3, 0.4) is 0 Å². The summed E-state index contributed by atoms with van der Waals surface area (Å²) in [6.45, 7) is 3.29. The van der Waals surface area contributed by atoms with Gasteiger partial charge >= 0.3 is 6.03 Å². The molecule has 2 aliphatic heterocycles. The molecule has 0 N–H and O–H groups in total. The number of hydrogen-bond acceptors (Lipinski definition) is 6. The number of carbonyl (C=O) groups is 1. The number of aromatic nitrogens is 3. The van der Waals surface area contributed by atoms with Crippen LogP contribution in [0.4, 0.5) is 15.6 Å². The maximum atomic E-state index is 12.4. The molecule has 0 atom stereocenters. The fourth-order valence-electron chi connectivity index (χ4n) is 4.71. The molecule has 4 aromatic rings. The molecule has 2 aliphatic rings. The summed E-state index contributed by atoms with van der Waals surface area (Å²) in [7, 11) is 1.86. The first-order valence-electron chi connectivity index (χ1n) is 11.8. The molecule has 35 heavy (non-hydrogen) atoms. The van der Waals surface area contributed by atoms with E-state index in [1.165, 1.54) is 21.6 Å². The third-order valence-corrected chi connectivity index (χ3v) is 7.76. The topological polar surface area (TPSA) is 65.5 Å². The number of anilines is 2. The normalized spacial score (nSPS) is 15.6. The number of likely N-dealkylation sites (N-methyl/N-ethyl adjacent to an activating group) is 1. The molecule has 8 heteroatoms. The van der Waals surface area contributed by atoms with Crippen LogP contribution >= 0.6 is 11.3 Å². The molecule has 0 aliphatic carbocycles. The van der Waals surface area contributed by atoms with E-state index in [2.05, 4.69) is 57.3 Å². The number of nitrogens with zero attached hydrogens (tertiary/aromatic N) is 6. The smallest absolute Gasteiger partial charge is 0.324 e. The second-order valence-electron chi connectivity index (χ2n) is 9.04. The lowest BCUT2D eigenvalue weighted by Gasteiger charge is -2.29. The Hall–Kier alpha value is -3.78. The summed E-state index contributed by atoms with van der Waals surface area (Å²) in [6.07, 6.45) is 7.37. The molecule has 1 fully saturated rings. The fraction of sp³-hybridized carbons (Fsp3) is 0.259. The van der Waals surface area contributed by atoms with Crippen LogP contribution in [0.25, 0.3) is 11.4 Å². The summed E-state index contributed by atoms with van der Waals surface area (Å²) in [5.74, 6) is 0.744. The molecule has 1 saturated heterocycles. The van der Waals surface area contributed by atoms with E-state index < -0.39 is 0 Å². The van der Waals surface area contributed by atoms with Crippen LogP contribution < -0.4 is 9.80 Å². The van der Waals surface area contributed by atoms with Crippen molar-refractivity contribution < 1.29 is 4.79 Å². The van der Waals surface area contributed by atoms with E-state index in [-0.39, 0.29) is 6.03 Å². The lowest BCUT2D eigenvalue weighted by atomic mass is 9.99. The number of fused-ring (bicyclic) bond motifs is 1. The number of benzene rings is 2. The standard InChI is InChI=1S/C27H26N6OS/c1-31-13-14-33(27(31)34)23-8-7-20-9-12-32(18-22(20)16-23)26-30-17-24(35-26)15-19-3-5-21(6-4-19)25-28-10-2-11-29-25/h2-8,10-11,16-17H,9,12-15,18H2,1H3. The summed E-state index contributed by atoms with van der Waals surface area (Å²) in [6, 6.07) is 16.8. The van der Waals surface area contributed by atoms with E-state index >= 15 is 0 Å². The highest BCUT2D eigenvalue weighted by molar-refractivity contribution is 7.15. The van der Waals surface area contributed by atoms with Crippen LogP contribution in [-0.4, -0.2) is 52.6 Å². The number of carbonyl (C=O) groups excluding carboxylic acids is 1. The number of hydrogen-bond donors (Lipinski definition) is 0. The average Bonchev–Trinajstić information content (AvgIpc) is 3.50. The summed E-state index contributed by atoms with van der Waals surface area (Å²) in [4.78, 5) is 33.1. The lowest BCUT2D eigenvalue weighted by Crippen LogP contribution is -2.32. The Morgan fingerprint density at radius 1 is 0.943 bits per heavy atom. The third kappa shape index (κ3) is 4.37. The van der Waals surface area contributed by atoms with E-state index in [9.17, 15) is 4.79 Å². The highest BCUT2D eigenvalue weighted by Gasteiger charge is 2.28. The molecule has 176 valence electrons. The van der Waals surface area contributed by atoms with Gasteiger partial charge in [-0.3, -0.25) is 4.90 Å². The zero-order chi connectivity index (χ0) is 23.8. The molecule has 4 heterocycles. The second kappa shape index (κ2) is 9.11. The number of rotatable bonds is 5. The third-order valence-electron chi connectivity index (χ3n) is 6.70. The van der Waals surface area contributed by atoms with Gasteiger partial charge in [0.05, 0.1) is 0 Å². The van der Waals surface area contributed by atoms with Gasteiger partial charge in [-0.25, -0.2) is 19.7 Å². The number of thiazole rings is 1. The molecule has 2 amide bonds. The van der Waals surface area contributed by atoms with Crippen LogP contribution in [0, 0.1) is 0 Å². The Balaban J connectivity index is 1.14. The molecule has 2 aromatic heterocycles. The van der Waals surface area contributed by atoms with Crippen LogP contribution in [-0.2, 0) is 19.4 Å². The summed E-state index contributed by atoms with van der Waals surface area (Å²) in [5, 5.41) is 1.06. The molecule has 0 unspecified atom stereocenters. The molecular weight excluding hydrogens is 456 g/mol. The summed E-state index contributed by atoms with van der Waals surface area (Å²) >= 11 is 1.76. The van der Waals surface area contributed by atoms with Gasteiger partial charge in [-0.2, -0.15) is 0 Å². The Kier molecular flexibility index (Phi) is 5.66. The van der Waals surface area contributed by atoms with Gasteiger partial charge in [0.15, 0.2) is 11.0 Å². The van der Waals surface area contributed by atoms with Crippen molar-refractivity contribution in [3.8, 4) is 11.4 Å². The molecule has 0 bridgehead atoms. The zero-order valence-corrected chi connectivity index (χ0v) is 20.4. The maximum Gasteiger partial charge on any atom is 0.324 e. The first-order valence-corrected chi connectivity index (χ1v) is 12.7. The average molecular weight is 483 g/mol. The summed E-state index contributed by atoms with van der Waals surface area (Å²) in [5.41, 5.74) is 5.90. The molecule has 0 saturated carbocycles. The lowest BCUT2D eigenvalue weighted by molar-refractivity contribution is 0.229. The van der Waals surface area contributed by atoms with Gasteiger partial charge in [0.2, 0.25) is 0 Å². The minimum Gasteiger partial charge on any atom is -0.343 e. The number of amides is 2. The van der Waals surface area contributed by atoms with Crippen molar-refractivity contribution in [3.05, 3.63) is 88.7 Å². The van der Waals surface area contributed by atoms with Crippen LogP contribution in [0.2, 0.25) is 0 Å². The van der Waals surface area contributed by atoms with E-state index in [1.807, 2.05) is 24.2 Å². The monoisotopic (exact) mass is 482 g/mol.